The smallest absolute Gasteiger partial charge is 0.234 e. The minimum absolute atomic E-state index is 0.0400. The van der Waals surface area contributed by atoms with Crippen molar-refractivity contribution < 1.29 is 14.6 Å². The standard InChI is InChI=1S/C18H24N4O3/c1-21-11-15(10-20-21)14-3-2-4-17(9-14)25-8-6-19-18(24)13-22-7-5-16(23)12-22/h2-4,9-11,16,23H,5-8,12-13H2,1H3,(H,19,24)/t16-/m1/s1. The molecule has 1 aliphatic rings. The summed E-state index contributed by atoms with van der Waals surface area (Å²) in [6.07, 6.45) is 4.20. The molecule has 2 heterocycles. The number of hydrogen-bond donors (Lipinski definition) is 2. The van der Waals surface area contributed by atoms with E-state index in [4.69, 9.17) is 4.74 Å². The lowest BCUT2D eigenvalue weighted by molar-refractivity contribution is -0.122. The summed E-state index contributed by atoms with van der Waals surface area (Å²) < 4.78 is 7.48. The van der Waals surface area contributed by atoms with Crippen LogP contribution in [0.3, 0.4) is 0 Å². The van der Waals surface area contributed by atoms with Crippen molar-refractivity contribution in [3.05, 3.63) is 36.7 Å². The Morgan fingerprint density at radius 3 is 3.04 bits per heavy atom. The Morgan fingerprint density at radius 2 is 2.32 bits per heavy atom. The molecule has 1 fully saturated rings. The summed E-state index contributed by atoms with van der Waals surface area (Å²) >= 11 is 0. The van der Waals surface area contributed by atoms with Crippen LogP contribution >= 0.6 is 0 Å². The van der Waals surface area contributed by atoms with Crippen LogP contribution in [0.5, 0.6) is 5.75 Å². The minimum atomic E-state index is -0.303. The largest absolute Gasteiger partial charge is 0.492 e. The number of aliphatic hydroxyl groups excluding tert-OH is 1. The van der Waals surface area contributed by atoms with Gasteiger partial charge in [-0.2, -0.15) is 5.10 Å². The van der Waals surface area contributed by atoms with Crippen LogP contribution in [0.15, 0.2) is 36.7 Å². The van der Waals surface area contributed by atoms with Crippen LogP contribution in [0.1, 0.15) is 6.42 Å². The number of amides is 1. The molecule has 7 nitrogen and oxygen atoms in total. The Balaban J connectivity index is 1.41. The van der Waals surface area contributed by atoms with Crippen molar-refractivity contribution in [2.75, 3.05) is 32.8 Å². The van der Waals surface area contributed by atoms with E-state index >= 15 is 0 Å². The maximum atomic E-state index is 11.9. The van der Waals surface area contributed by atoms with Gasteiger partial charge in [0.15, 0.2) is 0 Å². The van der Waals surface area contributed by atoms with Crippen molar-refractivity contribution in [3.63, 3.8) is 0 Å². The number of aryl methyl sites for hydroxylation is 1. The SMILES string of the molecule is Cn1cc(-c2cccc(OCCNC(=O)CN3CC[C@@H](O)C3)c2)cn1. The Bertz CT molecular complexity index is 716. The molecule has 134 valence electrons. The number of aromatic nitrogens is 2. The number of aliphatic hydroxyl groups is 1. The fraction of sp³-hybridized carbons (Fsp3) is 0.444. The fourth-order valence-corrected chi connectivity index (χ4v) is 2.91. The lowest BCUT2D eigenvalue weighted by Crippen LogP contribution is -2.38. The predicted molar refractivity (Wildman–Crippen MR) is 94.2 cm³/mol. The van der Waals surface area contributed by atoms with Gasteiger partial charge in [0.25, 0.3) is 0 Å². The zero-order valence-electron chi connectivity index (χ0n) is 14.4. The predicted octanol–water partition coefficient (Wildman–Crippen LogP) is 0.649. The molecular formula is C18H24N4O3. The molecule has 1 aromatic carbocycles. The van der Waals surface area contributed by atoms with Gasteiger partial charge in [0.2, 0.25) is 5.91 Å². The summed E-state index contributed by atoms with van der Waals surface area (Å²) in [7, 11) is 1.88. The first-order valence-electron chi connectivity index (χ1n) is 8.49. The van der Waals surface area contributed by atoms with Crippen molar-refractivity contribution in [1.29, 1.82) is 0 Å². The summed E-state index contributed by atoms with van der Waals surface area (Å²) in [5.74, 6) is 0.722. The first kappa shape index (κ1) is 17.4. The quantitative estimate of drug-likeness (QED) is 0.721. The molecule has 0 aliphatic carbocycles. The zero-order valence-corrected chi connectivity index (χ0v) is 14.4. The van der Waals surface area contributed by atoms with Gasteiger partial charge in [-0.1, -0.05) is 12.1 Å². The fourth-order valence-electron chi connectivity index (χ4n) is 2.91. The number of rotatable bonds is 7. The molecule has 0 unspecified atom stereocenters. The molecule has 3 rings (SSSR count). The average molecular weight is 344 g/mol. The molecule has 0 saturated carbocycles. The Kier molecular flexibility index (Phi) is 5.67. The van der Waals surface area contributed by atoms with Crippen LogP contribution < -0.4 is 10.1 Å². The van der Waals surface area contributed by atoms with Crippen molar-refractivity contribution in [2.24, 2.45) is 7.05 Å². The summed E-state index contributed by atoms with van der Waals surface area (Å²) in [5.41, 5.74) is 2.08. The molecular weight excluding hydrogens is 320 g/mol. The van der Waals surface area contributed by atoms with Gasteiger partial charge in [0.05, 0.1) is 25.4 Å². The molecule has 1 aromatic heterocycles. The second-order valence-electron chi connectivity index (χ2n) is 6.31. The molecule has 2 aromatic rings. The average Bonchev–Trinajstić information content (AvgIpc) is 3.20. The van der Waals surface area contributed by atoms with E-state index in [1.165, 1.54) is 0 Å². The highest BCUT2D eigenvalue weighted by atomic mass is 16.5. The summed E-state index contributed by atoms with van der Waals surface area (Å²) in [5, 5.41) is 16.5. The van der Waals surface area contributed by atoms with Crippen molar-refractivity contribution in [3.8, 4) is 16.9 Å². The van der Waals surface area contributed by atoms with E-state index in [0.717, 1.165) is 29.8 Å². The van der Waals surface area contributed by atoms with Crippen LogP contribution in [0.2, 0.25) is 0 Å². The van der Waals surface area contributed by atoms with Crippen LogP contribution in [0.25, 0.3) is 11.1 Å². The molecule has 1 amide bonds. The van der Waals surface area contributed by atoms with E-state index in [2.05, 4.69) is 10.4 Å². The number of benzene rings is 1. The third-order valence-electron chi connectivity index (χ3n) is 4.18. The Hall–Kier alpha value is -2.38. The van der Waals surface area contributed by atoms with Gasteiger partial charge in [-0.25, -0.2) is 0 Å². The van der Waals surface area contributed by atoms with Crippen LogP contribution in [0, 0.1) is 0 Å². The van der Waals surface area contributed by atoms with E-state index in [1.807, 2.05) is 48.6 Å². The summed E-state index contributed by atoms with van der Waals surface area (Å²) in [6, 6.07) is 7.81. The van der Waals surface area contributed by atoms with E-state index in [0.29, 0.717) is 26.2 Å². The van der Waals surface area contributed by atoms with Gasteiger partial charge in [0, 0.05) is 31.9 Å². The number of β-amino-alcohol motifs (C(OH)–C–C–N with tert-alkyl or cyclic N) is 1. The minimum Gasteiger partial charge on any atom is -0.492 e. The summed E-state index contributed by atoms with van der Waals surface area (Å²) in [4.78, 5) is 13.8. The lowest BCUT2D eigenvalue weighted by Gasteiger charge is -2.14. The molecule has 0 spiro atoms. The van der Waals surface area contributed by atoms with Crippen molar-refractivity contribution >= 4 is 5.91 Å². The molecule has 1 aliphatic heterocycles. The first-order chi connectivity index (χ1) is 12.1. The zero-order chi connectivity index (χ0) is 17.6. The molecule has 2 N–H and O–H groups in total. The second kappa shape index (κ2) is 8.13. The number of carbonyl (C=O) groups is 1. The summed E-state index contributed by atoms with van der Waals surface area (Å²) in [6.45, 7) is 2.53. The van der Waals surface area contributed by atoms with Gasteiger partial charge in [0.1, 0.15) is 12.4 Å². The Morgan fingerprint density at radius 1 is 1.44 bits per heavy atom. The van der Waals surface area contributed by atoms with Crippen LogP contribution in [0.4, 0.5) is 0 Å². The van der Waals surface area contributed by atoms with Crippen molar-refractivity contribution in [2.45, 2.75) is 12.5 Å². The highest BCUT2D eigenvalue weighted by Crippen LogP contribution is 2.23. The lowest BCUT2D eigenvalue weighted by atomic mass is 10.1. The van der Waals surface area contributed by atoms with E-state index < -0.39 is 0 Å². The number of likely N-dealkylation sites (tertiary alicyclic amines) is 1. The van der Waals surface area contributed by atoms with Gasteiger partial charge in [-0.3, -0.25) is 14.4 Å². The molecule has 0 radical (unpaired) electrons. The van der Waals surface area contributed by atoms with Gasteiger partial charge < -0.3 is 15.2 Å². The van der Waals surface area contributed by atoms with E-state index in [1.54, 1.807) is 4.68 Å². The number of carbonyl (C=O) groups excluding carboxylic acids is 1. The molecule has 1 saturated heterocycles. The van der Waals surface area contributed by atoms with Gasteiger partial charge >= 0.3 is 0 Å². The number of nitrogens with one attached hydrogen (secondary N) is 1. The second-order valence-corrected chi connectivity index (χ2v) is 6.31. The topological polar surface area (TPSA) is 79.6 Å². The highest BCUT2D eigenvalue weighted by molar-refractivity contribution is 5.78. The molecule has 0 bridgehead atoms. The third-order valence-corrected chi connectivity index (χ3v) is 4.18. The van der Waals surface area contributed by atoms with Crippen molar-refractivity contribution in [1.82, 2.24) is 20.0 Å². The van der Waals surface area contributed by atoms with Crippen LogP contribution in [-0.2, 0) is 11.8 Å². The first-order valence-corrected chi connectivity index (χ1v) is 8.49. The molecule has 25 heavy (non-hydrogen) atoms. The number of hydrogen-bond acceptors (Lipinski definition) is 5. The highest BCUT2D eigenvalue weighted by Gasteiger charge is 2.21. The third kappa shape index (κ3) is 5.04. The van der Waals surface area contributed by atoms with Gasteiger partial charge in [-0.05, 0) is 24.1 Å². The monoisotopic (exact) mass is 344 g/mol. The normalized spacial score (nSPS) is 17.6. The number of ether oxygens (including phenoxy) is 1. The molecule has 1 atom stereocenters. The maximum Gasteiger partial charge on any atom is 0.234 e. The molecule has 7 heteroatoms. The van der Waals surface area contributed by atoms with E-state index in [9.17, 15) is 9.90 Å². The maximum absolute atomic E-state index is 11.9. The van der Waals surface area contributed by atoms with Crippen LogP contribution in [-0.4, -0.2) is 64.6 Å². The Labute approximate surface area is 147 Å². The van der Waals surface area contributed by atoms with E-state index in [-0.39, 0.29) is 12.0 Å². The number of nitrogens with zero attached hydrogens (tertiary/aromatic N) is 3. The van der Waals surface area contributed by atoms with Gasteiger partial charge in [-0.15, -0.1) is 0 Å².